The van der Waals surface area contributed by atoms with Gasteiger partial charge in [0.15, 0.2) is 11.5 Å². The van der Waals surface area contributed by atoms with Gasteiger partial charge in [-0.05, 0) is 35.9 Å². The number of benzene rings is 2. The topological polar surface area (TPSA) is 59.6 Å². The van der Waals surface area contributed by atoms with Gasteiger partial charge in [0.2, 0.25) is 0 Å². The minimum Gasteiger partial charge on any atom is -0.493 e. The standard InChI is InChI=1S/C19H21ClN2O3/c1-24-18-8-15(19(23)22-11-14-9-21-10-14)4-7-17(18)25-12-13-2-5-16(20)6-3-13/h2-8,14,21H,9-12H2,1H3,(H,22,23). The van der Waals surface area contributed by atoms with Crippen molar-refractivity contribution in [1.82, 2.24) is 10.6 Å². The highest BCUT2D eigenvalue weighted by molar-refractivity contribution is 6.30. The molecule has 0 bridgehead atoms. The third-order valence-electron chi connectivity index (χ3n) is 4.15. The highest BCUT2D eigenvalue weighted by Gasteiger charge is 2.18. The molecule has 1 saturated heterocycles. The van der Waals surface area contributed by atoms with Gasteiger partial charge in [0.1, 0.15) is 6.61 Å². The lowest BCUT2D eigenvalue weighted by atomic mass is 10.0. The lowest BCUT2D eigenvalue weighted by Crippen LogP contribution is -2.48. The van der Waals surface area contributed by atoms with Crippen LogP contribution in [0.5, 0.6) is 11.5 Å². The van der Waals surface area contributed by atoms with Crippen LogP contribution in [0.3, 0.4) is 0 Å². The normalized spacial score (nSPS) is 13.8. The zero-order valence-electron chi connectivity index (χ0n) is 14.0. The average Bonchev–Trinajstić information content (AvgIpc) is 2.59. The zero-order valence-corrected chi connectivity index (χ0v) is 14.8. The molecule has 2 aromatic carbocycles. The molecule has 1 aliphatic rings. The van der Waals surface area contributed by atoms with Crippen molar-refractivity contribution in [3.8, 4) is 11.5 Å². The van der Waals surface area contributed by atoms with Crippen molar-refractivity contribution < 1.29 is 14.3 Å². The molecule has 0 spiro atoms. The van der Waals surface area contributed by atoms with E-state index in [1.807, 2.05) is 24.3 Å². The summed E-state index contributed by atoms with van der Waals surface area (Å²) in [5.74, 6) is 1.55. The number of amides is 1. The molecule has 2 aromatic rings. The summed E-state index contributed by atoms with van der Waals surface area (Å²) in [6, 6.07) is 12.7. The first-order chi connectivity index (χ1) is 12.2. The highest BCUT2D eigenvalue weighted by Crippen LogP contribution is 2.29. The third-order valence-corrected chi connectivity index (χ3v) is 4.40. The summed E-state index contributed by atoms with van der Waals surface area (Å²) in [6.45, 7) is 3.00. The smallest absolute Gasteiger partial charge is 0.251 e. The fourth-order valence-corrected chi connectivity index (χ4v) is 2.63. The quantitative estimate of drug-likeness (QED) is 0.797. The van der Waals surface area contributed by atoms with E-state index in [1.54, 1.807) is 25.3 Å². The van der Waals surface area contributed by atoms with Gasteiger partial charge >= 0.3 is 0 Å². The Labute approximate surface area is 152 Å². The Kier molecular flexibility index (Phi) is 5.79. The minimum absolute atomic E-state index is 0.102. The van der Waals surface area contributed by atoms with Crippen LogP contribution in [0.2, 0.25) is 5.02 Å². The van der Waals surface area contributed by atoms with E-state index in [-0.39, 0.29) is 5.91 Å². The Morgan fingerprint density at radius 1 is 1.20 bits per heavy atom. The molecule has 0 unspecified atom stereocenters. The summed E-state index contributed by atoms with van der Waals surface area (Å²) < 4.78 is 11.2. The largest absolute Gasteiger partial charge is 0.493 e. The molecule has 1 amide bonds. The number of carbonyl (C=O) groups is 1. The predicted molar refractivity (Wildman–Crippen MR) is 97.5 cm³/mol. The first-order valence-electron chi connectivity index (χ1n) is 8.20. The molecule has 0 aromatic heterocycles. The van der Waals surface area contributed by atoms with E-state index >= 15 is 0 Å². The fraction of sp³-hybridized carbons (Fsp3) is 0.316. The van der Waals surface area contributed by atoms with E-state index in [2.05, 4.69) is 10.6 Å². The number of nitrogens with one attached hydrogen (secondary N) is 2. The van der Waals surface area contributed by atoms with Gasteiger partial charge in [0.25, 0.3) is 5.91 Å². The monoisotopic (exact) mass is 360 g/mol. The van der Waals surface area contributed by atoms with Crippen LogP contribution in [0, 0.1) is 5.92 Å². The first kappa shape index (κ1) is 17.6. The van der Waals surface area contributed by atoms with Crippen LogP contribution in [-0.4, -0.2) is 32.7 Å². The van der Waals surface area contributed by atoms with E-state index < -0.39 is 0 Å². The molecule has 0 radical (unpaired) electrons. The fourth-order valence-electron chi connectivity index (χ4n) is 2.50. The van der Waals surface area contributed by atoms with Crippen molar-refractivity contribution in [2.45, 2.75) is 6.61 Å². The molecular weight excluding hydrogens is 340 g/mol. The summed E-state index contributed by atoms with van der Waals surface area (Å²) in [5.41, 5.74) is 1.56. The van der Waals surface area contributed by atoms with Gasteiger partial charge in [-0.25, -0.2) is 0 Å². The SMILES string of the molecule is COc1cc(C(=O)NCC2CNC2)ccc1OCc1ccc(Cl)cc1. The van der Waals surface area contributed by atoms with Crippen LogP contribution in [0.15, 0.2) is 42.5 Å². The van der Waals surface area contributed by atoms with E-state index in [0.717, 1.165) is 18.7 Å². The molecule has 0 aliphatic carbocycles. The first-order valence-corrected chi connectivity index (χ1v) is 8.57. The van der Waals surface area contributed by atoms with E-state index in [1.165, 1.54) is 0 Å². The lowest BCUT2D eigenvalue weighted by Gasteiger charge is -2.27. The Morgan fingerprint density at radius 3 is 2.60 bits per heavy atom. The van der Waals surface area contributed by atoms with Gasteiger partial charge in [-0.15, -0.1) is 0 Å². The van der Waals surface area contributed by atoms with Gasteiger partial charge < -0.3 is 20.1 Å². The summed E-state index contributed by atoms with van der Waals surface area (Å²) in [5, 5.41) is 6.82. The number of hydrogen-bond donors (Lipinski definition) is 2. The Bertz CT molecular complexity index is 730. The Morgan fingerprint density at radius 2 is 1.96 bits per heavy atom. The maximum absolute atomic E-state index is 12.2. The van der Waals surface area contributed by atoms with Crippen LogP contribution >= 0.6 is 11.6 Å². The highest BCUT2D eigenvalue weighted by atomic mass is 35.5. The van der Waals surface area contributed by atoms with Gasteiger partial charge in [-0.2, -0.15) is 0 Å². The lowest BCUT2D eigenvalue weighted by molar-refractivity contribution is 0.0942. The number of hydrogen-bond acceptors (Lipinski definition) is 4. The summed E-state index contributed by atoms with van der Waals surface area (Å²) in [6.07, 6.45) is 0. The second kappa shape index (κ2) is 8.23. The van der Waals surface area contributed by atoms with E-state index in [9.17, 15) is 4.79 Å². The zero-order chi connectivity index (χ0) is 17.6. The number of ether oxygens (including phenoxy) is 2. The van der Waals surface area contributed by atoms with Crippen molar-refractivity contribution in [2.75, 3.05) is 26.7 Å². The Hall–Kier alpha value is -2.24. The number of carbonyl (C=O) groups excluding carboxylic acids is 1. The van der Waals surface area contributed by atoms with Crippen molar-refractivity contribution in [2.24, 2.45) is 5.92 Å². The molecule has 6 heteroatoms. The van der Waals surface area contributed by atoms with Gasteiger partial charge in [-0.1, -0.05) is 23.7 Å². The second-order valence-corrected chi connectivity index (χ2v) is 6.45. The van der Waals surface area contributed by atoms with Crippen molar-refractivity contribution in [1.29, 1.82) is 0 Å². The molecule has 3 rings (SSSR count). The molecule has 25 heavy (non-hydrogen) atoms. The third kappa shape index (κ3) is 4.65. The van der Waals surface area contributed by atoms with Crippen LogP contribution in [0.4, 0.5) is 0 Å². The van der Waals surface area contributed by atoms with E-state index in [4.69, 9.17) is 21.1 Å². The van der Waals surface area contributed by atoms with Crippen LogP contribution < -0.4 is 20.1 Å². The van der Waals surface area contributed by atoms with Gasteiger partial charge in [-0.3, -0.25) is 4.79 Å². The molecule has 1 aliphatic heterocycles. The molecule has 1 heterocycles. The van der Waals surface area contributed by atoms with E-state index in [0.29, 0.717) is 41.2 Å². The average molecular weight is 361 g/mol. The molecule has 5 nitrogen and oxygen atoms in total. The van der Waals surface area contributed by atoms with Crippen LogP contribution in [0.1, 0.15) is 15.9 Å². The summed E-state index contributed by atoms with van der Waals surface area (Å²) in [7, 11) is 1.56. The van der Waals surface area contributed by atoms with Crippen molar-refractivity contribution >= 4 is 17.5 Å². The van der Waals surface area contributed by atoms with Crippen LogP contribution in [0.25, 0.3) is 0 Å². The molecule has 0 atom stereocenters. The van der Waals surface area contributed by atoms with Gasteiger partial charge in [0.05, 0.1) is 7.11 Å². The summed E-state index contributed by atoms with van der Waals surface area (Å²) >= 11 is 5.88. The predicted octanol–water partition coefficient (Wildman–Crippen LogP) is 2.88. The number of halogens is 1. The number of rotatable bonds is 7. The van der Waals surface area contributed by atoms with Crippen molar-refractivity contribution in [3.63, 3.8) is 0 Å². The molecule has 2 N–H and O–H groups in total. The van der Waals surface area contributed by atoms with Gasteiger partial charge in [0, 0.05) is 36.1 Å². The second-order valence-electron chi connectivity index (χ2n) is 6.02. The van der Waals surface area contributed by atoms with Crippen LogP contribution in [-0.2, 0) is 6.61 Å². The molecular formula is C19H21ClN2O3. The molecule has 1 fully saturated rings. The van der Waals surface area contributed by atoms with Crippen molar-refractivity contribution in [3.05, 3.63) is 58.6 Å². The Balaban J connectivity index is 1.62. The maximum Gasteiger partial charge on any atom is 0.251 e. The minimum atomic E-state index is -0.102. The molecule has 132 valence electrons. The summed E-state index contributed by atoms with van der Waals surface area (Å²) in [4.78, 5) is 12.2. The maximum atomic E-state index is 12.2. The number of methoxy groups -OCH3 is 1. The molecule has 0 saturated carbocycles.